The van der Waals surface area contributed by atoms with Gasteiger partial charge < -0.3 is 10.2 Å². The highest BCUT2D eigenvalue weighted by molar-refractivity contribution is 7.92. The van der Waals surface area contributed by atoms with E-state index in [-0.39, 0.29) is 23.3 Å². The Bertz CT molecular complexity index is 1400. The Morgan fingerprint density at radius 2 is 1.50 bits per heavy atom. The van der Waals surface area contributed by atoms with Crippen molar-refractivity contribution in [1.29, 1.82) is 0 Å². The molecule has 0 saturated carbocycles. The van der Waals surface area contributed by atoms with E-state index in [1.807, 2.05) is 84.0 Å². The van der Waals surface area contributed by atoms with Gasteiger partial charge in [-0.05, 0) is 68.0 Å². The molecule has 8 heteroatoms. The van der Waals surface area contributed by atoms with Crippen molar-refractivity contribution in [3.05, 3.63) is 95.1 Å². The molecule has 0 aliphatic heterocycles. The van der Waals surface area contributed by atoms with Crippen LogP contribution in [0.15, 0.2) is 77.7 Å². The van der Waals surface area contributed by atoms with Gasteiger partial charge in [-0.3, -0.25) is 13.9 Å². The van der Waals surface area contributed by atoms with Gasteiger partial charge in [-0.25, -0.2) is 8.42 Å². The number of carbonyl (C=O) groups excluding carboxylic acids is 2. The average Bonchev–Trinajstić information content (AvgIpc) is 2.92. The van der Waals surface area contributed by atoms with E-state index >= 15 is 0 Å². The molecule has 3 aromatic rings. The van der Waals surface area contributed by atoms with Gasteiger partial charge in [0.1, 0.15) is 12.6 Å². The van der Waals surface area contributed by atoms with Crippen molar-refractivity contribution in [1.82, 2.24) is 10.2 Å². The second-order valence-electron chi connectivity index (χ2n) is 10.7. The molecule has 1 N–H and O–H groups in total. The first kappa shape index (κ1) is 30.9. The predicted molar refractivity (Wildman–Crippen MR) is 161 cm³/mol. The Morgan fingerprint density at radius 1 is 0.875 bits per heavy atom. The van der Waals surface area contributed by atoms with E-state index in [0.717, 1.165) is 22.3 Å². The second-order valence-corrected chi connectivity index (χ2v) is 12.5. The zero-order valence-electron chi connectivity index (χ0n) is 24.3. The molecule has 0 fully saturated rings. The zero-order chi connectivity index (χ0) is 29.4. The molecule has 7 nitrogen and oxygen atoms in total. The van der Waals surface area contributed by atoms with Gasteiger partial charge in [-0.1, -0.05) is 80.9 Å². The summed E-state index contributed by atoms with van der Waals surface area (Å²) in [6.07, 6.45) is 0.386. The summed E-state index contributed by atoms with van der Waals surface area (Å²) in [5.41, 5.74) is 3.82. The molecule has 0 aliphatic rings. The van der Waals surface area contributed by atoms with Crippen LogP contribution in [0, 0.1) is 26.7 Å². The third-order valence-electron chi connectivity index (χ3n) is 6.79. The molecule has 214 valence electrons. The normalized spacial score (nSPS) is 12.2. The summed E-state index contributed by atoms with van der Waals surface area (Å²) >= 11 is 0. The maximum atomic E-state index is 14.1. The van der Waals surface area contributed by atoms with Gasteiger partial charge in [0.05, 0.1) is 10.6 Å². The number of sulfonamides is 1. The van der Waals surface area contributed by atoms with Crippen molar-refractivity contribution < 1.29 is 18.0 Å². The fraction of sp³-hybridized carbons (Fsp3) is 0.375. The quantitative estimate of drug-likeness (QED) is 0.320. The lowest BCUT2D eigenvalue weighted by Crippen LogP contribution is -2.52. The Labute approximate surface area is 239 Å². The Kier molecular flexibility index (Phi) is 10.5. The first-order valence-electron chi connectivity index (χ1n) is 13.7. The fourth-order valence-corrected chi connectivity index (χ4v) is 5.93. The summed E-state index contributed by atoms with van der Waals surface area (Å²) in [5.74, 6) is -0.452. The minimum absolute atomic E-state index is 0.100. The van der Waals surface area contributed by atoms with Crippen molar-refractivity contribution >= 4 is 27.5 Å². The SMILES string of the molecule is CCC(C(=O)NCC(C)C)N(Cc1ccccc1)C(=O)CN(c1cc(C)ccc1C)S(=O)(=O)c1ccc(C)cc1. The molecular formula is C32H41N3O4S. The summed E-state index contributed by atoms with van der Waals surface area (Å²) in [5, 5.41) is 2.95. The Balaban J connectivity index is 2.07. The van der Waals surface area contributed by atoms with Crippen LogP contribution in [-0.2, 0) is 26.2 Å². The number of hydrogen-bond donors (Lipinski definition) is 1. The number of amides is 2. The largest absolute Gasteiger partial charge is 0.354 e. The average molecular weight is 564 g/mol. The molecular weight excluding hydrogens is 522 g/mol. The van der Waals surface area contributed by atoms with Crippen LogP contribution >= 0.6 is 0 Å². The van der Waals surface area contributed by atoms with Crippen LogP contribution in [0.3, 0.4) is 0 Å². The van der Waals surface area contributed by atoms with Crippen LogP contribution in [0.4, 0.5) is 5.69 Å². The van der Waals surface area contributed by atoms with Crippen LogP contribution < -0.4 is 9.62 Å². The number of nitrogens with one attached hydrogen (secondary N) is 1. The smallest absolute Gasteiger partial charge is 0.264 e. The highest BCUT2D eigenvalue weighted by Crippen LogP contribution is 2.29. The highest BCUT2D eigenvalue weighted by Gasteiger charge is 2.34. The Hall–Kier alpha value is -3.65. The standard InChI is InChI=1S/C32H41N3O4S/c1-7-29(32(37)33-20-23(2)3)34(21-27-11-9-8-10-12-27)31(36)22-35(30-19-25(5)13-16-26(30)6)40(38,39)28-17-14-24(4)15-18-28/h8-19,23,29H,7,20-22H2,1-6H3,(H,33,37). The highest BCUT2D eigenvalue weighted by atomic mass is 32.2. The molecule has 2 amide bonds. The van der Waals surface area contributed by atoms with E-state index in [1.165, 1.54) is 9.21 Å². The van der Waals surface area contributed by atoms with E-state index in [1.54, 1.807) is 30.3 Å². The number of carbonyl (C=O) groups is 2. The molecule has 1 unspecified atom stereocenters. The van der Waals surface area contributed by atoms with E-state index in [0.29, 0.717) is 18.7 Å². The minimum atomic E-state index is -4.10. The van der Waals surface area contributed by atoms with Crippen LogP contribution in [-0.4, -0.2) is 44.3 Å². The molecule has 0 heterocycles. The first-order chi connectivity index (χ1) is 18.9. The number of benzene rings is 3. The van der Waals surface area contributed by atoms with Gasteiger partial charge in [-0.15, -0.1) is 0 Å². The molecule has 3 rings (SSSR count). The molecule has 0 saturated heterocycles. The van der Waals surface area contributed by atoms with Gasteiger partial charge in [0.25, 0.3) is 10.0 Å². The third kappa shape index (κ3) is 7.72. The monoisotopic (exact) mass is 563 g/mol. The van der Waals surface area contributed by atoms with E-state index in [4.69, 9.17) is 0 Å². The van der Waals surface area contributed by atoms with Gasteiger partial charge in [-0.2, -0.15) is 0 Å². The third-order valence-corrected chi connectivity index (χ3v) is 8.56. The fourth-order valence-electron chi connectivity index (χ4n) is 4.46. The minimum Gasteiger partial charge on any atom is -0.354 e. The number of nitrogens with zero attached hydrogens (tertiary/aromatic N) is 2. The van der Waals surface area contributed by atoms with Gasteiger partial charge in [0.2, 0.25) is 11.8 Å². The topological polar surface area (TPSA) is 86.8 Å². The van der Waals surface area contributed by atoms with Gasteiger partial charge >= 0.3 is 0 Å². The van der Waals surface area contributed by atoms with Gasteiger partial charge in [0, 0.05) is 13.1 Å². The van der Waals surface area contributed by atoms with E-state index < -0.39 is 28.5 Å². The molecule has 0 aromatic heterocycles. The Morgan fingerprint density at radius 3 is 2.10 bits per heavy atom. The van der Waals surface area contributed by atoms with Crippen molar-refractivity contribution in [2.24, 2.45) is 5.92 Å². The van der Waals surface area contributed by atoms with Gasteiger partial charge in [0.15, 0.2) is 0 Å². The summed E-state index contributed by atoms with van der Waals surface area (Å²) < 4.78 is 29.3. The lowest BCUT2D eigenvalue weighted by atomic mass is 10.1. The predicted octanol–water partition coefficient (Wildman–Crippen LogP) is 5.39. The molecule has 3 aromatic carbocycles. The van der Waals surface area contributed by atoms with E-state index in [2.05, 4.69) is 5.32 Å². The first-order valence-corrected chi connectivity index (χ1v) is 15.2. The summed E-state index contributed by atoms with van der Waals surface area (Å²) in [6.45, 7) is 11.7. The lowest BCUT2D eigenvalue weighted by Gasteiger charge is -2.33. The maximum Gasteiger partial charge on any atom is 0.264 e. The molecule has 0 radical (unpaired) electrons. The number of anilines is 1. The summed E-state index contributed by atoms with van der Waals surface area (Å²) in [4.78, 5) is 29.0. The summed E-state index contributed by atoms with van der Waals surface area (Å²) in [7, 11) is -4.10. The molecule has 40 heavy (non-hydrogen) atoms. The van der Waals surface area contributed by atoms with Crippen molar-refractivity contribution in [3.8, 4) is 0 Å². The van der Waals surface area contributed by atoms with Crippen LogP contribution in [0.25, 0.3) is 0 Å². The second kappa shape index (κ2) is 13.6. The van der Waals surface area contributed by atoms with Crippen molar-refractivity contribution in [2.45, 2.75) is 65.4 Å². The molecule has 0 spiro atoms. The number of rotatable bonds is 12. The van der Waals surface area contributed by atoms with E-state index in [9.17, 15) is 18.0 Å². The summed E-state index contributed by atoms with van der Waals surface area (Å²) in [6, 6.07) is 20.8. The maximum absolute atomic E-state index is 14.1. The molecule has 0 aliphatic carbocycles. The van der Waals surface area contributed by atoms with Crippen molar-refractivity contribution in [3.63, 3.8) is 0 Å². The number of hydrogen-bond acceptors (Lipinski definition) is 4. The van der Waals surface area contributed by atoms with Crippen LogP contribution in [0.2, 0.25) is 0 Å². The van der Waals surface area contributed by atoms with Crippen LogP contribution in [0.5, 0.6) is 0 Å². The lowest BCUT2D eigenvalue weighted by molar-refractivity contribution is -0.140. The van der Waals surface area contributed by atoms with Crippen molar-refractivity contribution in [2.75, 3.05) is 17.4 Å². The molecule has 0 bridgehead atoms. The number of aryl methyl sites for hydroxylation is 3. The molecule has 1 atom stereocenters. The zero-order valence-corrected chi connectivity index (χ0v) is 25.2. The van der Waals surface area contributed by atoms with Crippen LogP contribution in [0.1, 0.15) is 49.4 Å².